The summed E-state index contributed by atoms with van der Waals surface area (Å²) in [5.74, 6) is 2.36. The van der Waals surface area contributed by atoms with Crippen molar-refractivity contribution in [3.63, 3.8) is 0 Å². The van der Waals surface area contributed by atoms with Gasteiger partial charge in [-0.15, -0.1) is 0 Å². The van der Waals surface area contributed by atoms with Gasteiger partial charge in [0.2, 0.25) is 5.95 Å². The Balaban J connectivity index is 1.74. The Labute approximate surface area is 131 Å². The lowest BCUT2D eigenvalue weighted by atomic mass is 9.98. The topological polar surface area (TPSA) is 63.0 Å². The van der Waals surface area contributed by atoms with Crippen molar-refractivity contribution < 1.29 is 0 Å². The summed E-state index contributed by atoms with van der Waals surface area (Å²) >= 11 is 0. The van der Waals surface area contributed by atoms with Crippen molar-refractivity contribution in [3.05, 3.63) is 24.4 Å². The standard InChI is InChI=1S/C15H23N7/c1-12-7-14(20(2)3)19-15(18-12)21-6-4-5-13(8-21)9-22-11-16-10-17-22/h7,10-11,13H,4-6,8-9H2,1-3H3/t13-/m0/s1. The molecule has 1 aliphatic rings. The normalized spacial score (nSPS) is 18.5. The molecule has 0 aliphatic carbocycles. The van der Waals surface area contributed by atoms with Crippen LogP contribution >= 0.6 is 0 Å². The van der Waals surface area contributed by atoms with Crippen LogP contribution in [0.15, 0.2) is 18.7 Å². The van der Waals surface area contributed by atoms with E-state index in [4.69, 9.17) is 4.98 Å². The quantitative estimate of drug-likeness (QED) is 0.849. The van der Waals surface area contributed by atoms with Gasteiger partial charge in [0.15, 0.2) is 0 Å². The number of hydrogen-bond acceptors (Lipinski definition) is 6. The van der Waals surface area contributed by atoms with Crippen LogP contribution in [0.25, 0.3) is 0 Å². The molecule has 0 N–H and O–H groups in total. The van der Waals surface area contributed by atoms with Gasteiger partial charge >= 0.3 is 0 Å². The number of aryl methyl sites for hydroxylation is 1. The Bertz CT molecular complexity index is 608. The predicted octanol–water partition coefficient (Wildman–Crippen LogP) is 1.36. The van der Waals surface area contributed by atoms with Crippen molar-refractivity contribution in [2.24, 2.45) is 5.92 Å². The van der Waals surface area contributed by atoms with Crippen molar-refractivity contribution in [2.75, 3.05) is 37.0 Å². The van der Waals surface area contributed by atoms with E-state index in [1.807, 2.05) is 36.7 Å². The first kappa shape index (κ1) is 14.7. The van der Waals surface area contributed by atoms with E-state index in [9.17, 15) is 0 Å². The van der Waals surface area contributed by atoms with E-state index < -0.39 is 0 Å². The lowest BCUT2D eigenvalue weighted by molar-refractivity contribution is 0.349. The molecule has 0 spiro atoms. The molecular weight excluding hydrogens is 278 g/mol. The molecular formula is C15H23N7. The van der Waals surface area contributed by atoms with Crippen LogP contribution < -0.4 is 9.80 Å². The largest absolute Gasteiger partial charge is 0.363 e. The average Bonchev–Trinajstić information content (AvgIpc) is 3.00. The molecule has 2 aromatic heterocycles. The number of aromatic nitrogens is 5. The molecule has 1 fully saturated rings. The van der Waals surface area contributed by atoms with Crippen molar-refractivity contribution >= 4 is 11.8 Å². The molecule has 7 heteroatoms. The van der Waals surface area contributed by atoms with Crippen LogP contribution in [-0.4, -0.2) is 51.9 Å². The van der Waals surface area contributed by atoms with Crippen LogP contribution in [-0.2, 0) is 6.54 Å². The van der Waals surface area contributed by atoms with E-state index >= 15 is 0 Å². The highest BCUT2D eigenvalue weighted by molar-refractivity contribution is 5.45. The third kappa shape index (κ3) is 3.35. The van der Waals surface area contributed by atoms with Crippen molar-refractivity contribution in [2.45, 2.75) is 26.3 Å². The molecule has 0 radical (unpaired) electrons. The predicted molar refractivity (Wildman–Crippen MR) is 86.1 cm³/mol. The van der Waals surface area contributed by atoms with E-state index in [1.165, 1.54) is 6.42 Å². The highest BCUT2D eigenvalue weighted by Gasteiger charge is 2.23. The van der Waals surface area contributed by atoms with Gasteiger partial charge in [-0.05, 0) is 25.7 Å². The molecule has 0 aromatic carbocycles. The molecule has 0 bridgehead atoms. The van der Waals surface area contributed by atoms with Gasteiger partial charge in [-0.25, -0.2) is 9.97 Å². The zero-order valence-electron chi connectivity index (χ0n) is 13.5. The second-order valence-corrected chi connectivity index (χ2v) is 6.13. The second kappa shape index (κ2) is 6.29. The van der Waals surface area contributed by atoms with Crippen molar-refractivity contribution in [1.29, 1.82) is 0 Å². The molecule has 0 saturated carbocycles. The van der Waals surface area contributed by atoms with Crippen molar-refractivity contribution in [3.8, 4) is 0 Å². The Morgan fingerprint density at radius 1 is 1.32 bits per heavy atom. The maximum atomic E-state index is 4.69. The fourth-order valence-electron chi connectivity index (χ4n) is 2.89. The maximum Gasteiger partial charge on any atom is 0.227 e. The van der Waals surface area contributed by atoms with Crippen LogP contribution in [0.4, 0.5) is 11.8 Å². The molecule has 2 aromatic rings. The second-order valence-electron chi connectivity index (χ2n) is 6.13. The van der Waals surface area contributed by atoms with Gasteiger partial charge in [-0.1, -0.05) is 0 Å². The van der Waals surface area contributed by atoms with Gasteiger partial charge in [0.1, 0.15) is 18.5 Å². The van der Waals surface area contributed by atoms with Crippen LogP contribution in [0.1, 0.15) is 18.5 Å². The third-order valence-electron chi connectivity index (χ3n) is 4.00. The molecule has 0 amide bonds. The number of piperidine rings is 1. The number of nitrogens with zero attached hydrogens (tertiary/aromatic N) is 7. The molecule has 3 rings (SSSR count). The summed E-state index contributed by atoms with van der Waals surface area (Å²) in [6.45, 7) is 4.91. The summed E-state index contributed by atoms with van der Waals surface area (Å²) in [6.07, 6.45) is 5.75. The first-order valence-electron chi connectivity index (χ1n) is 7.72. The van der Waals surface area contributed by atoms with Crippen LogP contribution in [0.2, 0.25) is 0 Å². The summed E-state index contributed by atoms with van der Waals surface area (Å²) in [5, 5.41) is 4.21. The zero-order valence-corrected chi connectivity index (χ0v) is 13.5. The average molecular weight is 301 g/mol. The molecule has 3 heterocycles. The highest BCUT2D eigenvalue weighted by Crippen LogP contribution is 2.23. The van der Waals surface area contributed by atoms with Gasteiger partial charge in [0.25, 0.3) is 0 Å². The summed E-state index contributed by atoms with van der Waals surface area (Å²) in [7, 11) is 4.02. The minimum atomic E-state index is 0.558. The van der Waals surface area contributed by atoms with E-state index in [-0.39, 0.29) is 0 Å². The summed E-state index contributed by atoms with van der Waals surface area (Å²) in [4.78, 5) is 17.7. The molecule has 22 heavy (non-hydrogen) atoms. The monoisotopic (exact) mass is 301 g/mol. The number of rotatable bonds is 4. The lowest BCUT2D eigenvalue weighted by Gasteiger charge is -2.33. The third-order valence-corrected chi connectivity index (χ3v) is 4.00. The lowest BCUT2D eigenvalue weighted by Crippen LogP contribution is -2.38. The molecule has 1 atom stereocenters. The minimum Gasteiger partial charge on any atom is -0.363 e. The maximum absolute atomic E-state index is 4.69. The van der Waals surface area contributed by atoms with Gasteiger partial charge in [0.05, 0.1) is 0 Å². The molecule has 1 saturated heterocycles. The molecule has 0 unspecified atom stereocenters. The first-order chi connectivity index (χ1) is 10.6. The zero-order chi connectivity index (χ0) is 15.5. The van der Waals surface area contributed by atoms with Gasteiger partial charge in [-0.3, -0.25) is 4.68 Å². The van der Waals surface area contributed by atoms with Gasteiger partial charge in [0, 0.05) is 45.5 Å². The Kier molecular flexibility index (Phi) is 4.22. The van der Waals surface area contributed by atoms with E-state index in [2.05, 4.69) is 20.0 Å². The summed E-state index contributed by atoms with van der Waals surface area (Å²) in [5.41, 5.74) is 1.01. The fourth-order valence-corrected chi connectivity index (χ4v) is 2.89. The smallest absolute Gasteiger partial charge is 0.227 e. The minimum absolute atomic E-state index is 0.558. The van der Waals surface area contributed by atoms with E-state index in [1.54, 1.807) is 12.7 Å². The first-order valence-corrected chi connectivity index (χ1v) is 7.72. The summed E-state index contributed by atoms with van der Waals surface area (Å²) in [6, 6.07) is 2.01. The summed E-state index contributed by atoms with van der Waals surface area (Å²) < 4.78 is 1.91. The molecule has 1 aliphatic heterocycles. The van der Waals surface area contributed by atoms with Crippen LogP contribution in [0.3, 0.4) is 0 Å². The fraction of sp³-hybridized carbons (Fsp3) is 0.600. The molecule has 118 valence electrons. The van der Waals surface area contributed by atoms with Crippen LogP contribution in [0.5, 0.6) is 0 Å². The van der Waals surface area contributed by atoms with Gasteiger partial charge < -0.3 is 9.80 Å². The Morgan fingerprint density at radius 2 is 2.18 bits per heavy atom. The van der Waals surface area contributed by atoms with Crippen LogP contribution in [0, 0.1) is 12.8 Å². The van der Waals surface area contributed by atoms with Gasteiger partial charge in [-0.2, -0.15) is 10.1 Å². The number of hydrogen-bond donors (Lipinski definition) is 0. The SMILES string of the molecule is Cc1cc(N(C)C)nc(N2CCC[C@H](Cn3cncn3)C2)n1. The van der Waals surface area contributed by atoms with E-state index in [0.29, 0.717) is 5.92 Å². The Hall–Kier alpha value is -2.18. The molecule has 7 nitrogen and oxygen atoms in total. The Morgan fingerprint density at radius 3 is 2.91 bits per heavy atom. The van der Waals surface area contributed by atoms with Crippen molar-refractivity contribution in [1.82, 2.24) is 24.7 Å². The number of anilines is 2. The van der Waals surface area contributed by atoms with E-state index in [0.717, 1.165) is 43.5 Å². The highest BCUT2D eigenvalue weighted by atomic mass is 15.3.